The van der Waals surface area contributed by atoms with Gasteiger partial charge in [0.1, 0.15) is 0 Å². The summed E-state index contributed by atoms with van der Waals surface area (Å²) in [5.41, 5.74) is 0.243. The lowest BCUT2D eigenvalue weighted by atomic mass is 10.2. The molecule has 0 atom stereocenters. The molecule has 0 bridgehead atoms. The zero-order valence-corrected chi connectivity index (χ0v) is 15.5. The third kappa shape index (κ3) is 3.90. The molecule has 26 heavy (non-hydrogen) atoms. The molecule has 1 aromatic heterocycles. The van der Waals surface area contributed by atoms with Gasteiger partial charge in [0.05, 0.1) is 0 Å². The van der Waals surface area contributed by atoms with Crippen molar-refractivity contribution >= 4 is 11.9 Å². The van der Waals surface area contributed by atoms with Crippen LogP contribution in [0.15, 0.2) is 23.1 Å². The van der Waals surface area contributed by atoms with Crippen molar-refractivity contribution in [2.75, 3.05) is 52.4 Å². The fourth-order valence-corrected chi connectivity index (χ4v) is 3.39. The second kappa shape index (κ2) is 7.90. The van der Waals surface area contributed by atoms with Crippen LogP contribution in [-0.4, -0.2) is 83.6 Å². The molecule has 3 rings (SSSR count). The zero-order chi connectivity index (χ0) is 18.7. The van der Waals surface area contributed by atoms with Crippen LogP contribution in [0.2, 0.25) is 0 Å². The fraction of sp³-hybridized carbons (Fsp3) is 0.611. The first-order valence-corrected chi connectivity index (χ1v) is 9.23. The Morgan fingerprint density at radius 1 is 0.962 bits per heavy atom. The molecule has 3 amide bonds. The molecule has 142 valence electrons. The van der Waals surface area contributed by atoms with Crippen molar-refractivity contribution in [1.82, 2.24) is 24.6 Å². The van der Waals surface area contributed by atoms with Gasteiger partial charge in [0, 0.05) is 76.2 Å². The molecule has 0 spiro atoms. The molecule has 2 saturated heterocycles. The van der Waals surface area contributed by atoms with Gasteiger partial charge in [-0.05, 0) is 19.9 Å². The number of piperazine rings is 2. The number of pyridine rings is 1. The van der Waals surface area contributed by atoms with E-state index in [-0.39, 0.29) is 23.5 Å². The van der Waals surface area contributed by atoms with Crippen molar-refractivity contribution < 1.29 is 9.59 Å². The average Bonchev–Trinajstić information content (AvgIpc) is 2.67. The Balaban J connectivity index is 1.59. The standard InChI is InChI=1S/C18H27N5O3/c1-14(2)23-6-3-15(13-16(23)24)17(25)20-9-11-22(12-10-20)18(26)21-7-4-19-5-8-21/h3,6,13-14,19H,4-5,7-12H2,1-2H3. The molecule has 2 aliphatic rings. The second-order valence-corrected chi connectivity index (χ2v) is 7.05. The molecular formula is C18H27N5O3. The smallest absolute Gasteiger partial charge is 0.320 e. The minimum Gasteiger partial charge on any atom is -0.335 e. The second-order valence-electron chi connectivity index (χ2n) is 7.05. The highest BCUT2D eigenvalue weighted by Gasteiger charge is 2.28. The quantitative estimate of drug-likeness (QED) is 0.817. The molecular weight excluding hydrogens is 334 g/mol. The van der Waals surface area contributed by atoms with Crippen LogP contribution in [0.25, 0.3) is 0 Å². The van der Waals surface area contributed by atoms with Gasteiger partial charge in [0.25, 0.3) is 11.5 Å². The summed E-state index contributed by atoms with van der Waals surface area (Å²) in [4.78, 5) is 42.7. The number of carbonyl (C=O) groups is 2. The van der Waals surface area contributed by atoms with Gasteiger partial charge in [-0.25, -0.2) is 4.79 Å². The molecule has 1 aromatic rings. The van der Waals surface area contributed by atoms with E-state index in [9.17, 15) is 14.4 Å². The average molecular weight is 361 g/mol. The van der Waals surface area contributed by atoms with Gasteiger partial charge in [-0.3, -0.25) is 9.59 Å². The number of hydrogen-bond donors (Lipinski definition) is 1. The van der Waals surface area contributed by atoms with Crippen LogP contribution < -0.4 is 10.9 Å². The summed E-state index contributed by atoms with van der Waals surface area (Å²) in [5.74, 6) is -0.146. The highest BCUT2D eigenvalue weighted by atomic mass is 16.2. The molecule has 0 unspecified atom stereocenters. The summed E-state index contributed by atoms with van der Waals surface area (Å²) in [5, 5.41) is 3.24. The van der Waals surface area contributed by atoms with E-state index >= 15 is 0 Å². The first-order valence-electron chi connectivity index (χ1n) is 9.23. The number of carbonyl (C=O) groups excluding carboxylic acids is 2. The van der Waals surface area contributed by atoms with Gasteiger partial charge in [-0.1, -0.05) is 0 Å². The number of hydrogen-bond acceptors (Lipinski definition) is 4. The molecule has 3 heterocycles. The number of nitrogens with zero attached hydrogens (tertiary/aromatic N) is 4. The number of urea groups is 1. The summed E-state index contributed by atoms with van der Waals surface area (Å²) in [7, 11) is 0. The van der Waals surface area contributed by atoms with E-state index in [1.54, 1.807) is 21.7 Å². The Hall–Kier alpha value is -2.35. The van der Waals surface area contributed by atoms with E-state index in [4.69, 9.17) is 0 Å². The topological polar surface area (TPSA) is 77.9 Å². The van der Waals surface area contributed by atoms with Crippen molar-refractivity contribution in [1.29, 1.82) is 0 Å². The van der Waals surface area contributed by atoms with Gasteiger partial charge in [-0.15, -0.1) is 0 Å². The summed E-state index contributed by atoms with van der Waals surface area (Å²) in [6.45, 7) is 8.99. The van der Waals surface area contributed by atoms with Gasteiger partial charge in [0.2, 0.25) is 0 Å². The van der Waals surface area contributed by atoms with Crippen molar-refractivity contribution in [3.8, 4) is 0 Å². The molecule has 8 nitrogen and oxygen atoms in total. The van der Waals surface area contributed by atoms with Crippen LogP contribution >= 0.6 is 0 Å². The SMILES string of the molecule is CC(C)n1ccc(C(=O)N2CCN(C(=O)N3CCNCC3)CC2)cc1=O. The minimum absolute atomic E-state index is 0.0538. The molecule has 0 saturated carbocycles. The number of rotatable bonds is 2. The number of aromatic nitrogens is 1. The fourth-order valence-electron chi connectivity index (χ4n) is 3.39. The van der Waals surface area contributed by atoms with E-state index in [1.807, 2.05) is 23.6 Å². The van der Waals surface area contributed by atoms with E-state index in [0.29, 0.717) is 31.7 Å². The molecule has 0 radical (unpaired) electrons. The monoisotopic (exact) mass is 361 g/mol. The highest BCUT2D eigenvalue weighted by Crippen LogP contribution is 2.11. The van der Waals surface area contributed by atoms with Crippen LogP contribution in [-0.2, 0) is 0 Å². The van der Waals surface area contributed by atoms with E-state index in [1.165, 1.54) is 6.07 Å². The van der Waals surface area contributed by atoms with Crippen molar-refractivity contribution in [3.63, 3.8) is 0 Å². The van der Waals surface area contributed by atoms with Crippen LogP contribution in [0, 0.1) is 0 Å². The maximum Gasteiger partial charge on any atom is 0.320 e. The molecule has 0 aromatic carbocycles. The van der Waals surface area contributed by atoms with E-state index in [2.05, 4.69) is 5.32 Å². The van der Waals surface area contributed by atoms with Gasteiger partial charge >= 0.3 is 6.03 Å². The zero-order valence-electron chi connectivity index (χ0n) is 15.5. The largest absolute Gasteiger partial charge is 0.335 e. The van der Waals surface area contributed by atoms with Crippen molar-refractivity contribution in [2.24, 2.45) is 0 Å². The number of nitrogens with one attached hydrogen (secondary N) is 1. The van der Waals surface area contributed by atoms with Crippen LogP contribution in [0.5, 0.6) is 0 Å². The van der Waals surface area contributed by atoms with Gasteiger partial charge in [-0.2, -0.15) is 0 Å². The predicted molar refractivity (Wildman–Crippen MR) is 98.4 cm³/mol. The van der Waals surface area contributed by atoms with Crippen LogP contribution in [0.3, 0.4) is 0 Å². The summed E-state index contributed by atoms with van der Waals surface area (Å²) in [6.07, 6.45) is 1.67. The molecule has 8 heteroatoms. The Bertz CT molecular complexity index is 716. The molecule has 2 fully saturated rings. The van der Waals surface area contributed by atoms with Gasteiger partial charge in [0.15, 0.2) is 0 Å². The Morgan fingerprint density at radius 3 is 2.12 bits per heavy atom. The Labute approximate surface area is 153 Å². The predicted octanol–water partition coefficient (Wildman–Crippen LogP) is 0.212. The summed E-state index contributed by atoms with van der Waals surface area (Å²) >= 11 is 0. The van der Waals surface area contributed by atoms with Crippen LogP contribution in [0.4, 0.5) is 4.79 Å². The Kier molecular flexibility index (Phi) is 5.61. The third-order valence-electron chi connectivity index (χ3n) is 4.98. The lowest BCUT2D eigenvalue weighted by Crippen LogP contribution is -2.57. The highest BCUT2D eigenvalue weighted by molar-refractivity contribution is 5.94. The molecule has 1 N–H and O–H groups in total. The van der Waals surface area contributed by atoms with E-state index < -0.39 is 0 Å². The molecule has 2 aliphatic heterocycles. The lowest BCUT2D eigenvalue weighted by molar-refractivity contribution is 0.0635. The summed E-state index contributed by atoms with van der Waals surface area (Å²) < 4.78 is 1.60. The van der Waals surface area contributed by atoms with Crippen molar-refractivity contribution in [2.45, 2.75) is 19.9 Å². The lowest BCUT2D eigenvalue weighted by Gasteiger charge is -2.38. The Morgan fingerprint density at radius 2 is 1.54 bits per heavy atom. The molecule has 0 aliphatic carbocycles. The first kappa shape index (κ1) is 18.4. The minimum atomic E-state index is -0.168. The van der Waals surface area contributed by atoms with Crippen LogP contribution in [0.1, 0.15) is 30.2 Å². The normalized spacial score (nSPS) is 18.3. The van der Waals surface area contributed by atoms with E-state index in [0.717, 1.165) is 26.2 Å². The van der Waals surface area contributed by atoms with Gasteiger partial charge < -0.3 is 24.6 Å². The van der Waals surface area contributed by atoms with Crippen molar-refractivity contribution in [3.05, 3.63) is 34.2 Å². The first-order chi connectivity index (χ1) is 12.5. The third-order valence-corrected chi connectivity index (χ3v) is 4.98. The maximum atomic E-state index is 12.7. The summed E-state index contributed by atoms with van der Waals surface area (Å²) in [6, 6.07) is 3.21. The number of amides is 3. The maximum absolute atomic E-state index is 12.7.